The molecule has 1 heterocycles. The van der Waals surface area contributed by atoms with E-state index in [1.54, 1.807) is 4.68 Å². The van der Waals surface area contributed by atoms with E-state index in [9.17, 15) is 9.59 Å². The molecule has 0 bridgehead atoms. The second-order valence-corrected chi connectivity index (χ2v) is 5.40. The van der Waals surface area contributed by atoms with Crippen molar-refractivity contribution in [3.63, 3.8) is 0 Å². The standard InChI is InChI=1S/C17H21N3O3/c1-12-16(17(23)18-11-7-6-10-15(21)22)13(2)20(19-12)14-8-4-3-5-9-14/h3-5,8-9H,6-7,10-11H2,1-2H3,(H,18,23)(H,21,22). The number of carbonyl (C=O) groups excluding carboxylic acids is 1. The minimum Gasteiger partial charge on any atom is -0.481 e. The topological polar surface area (TPSA) is 84.2 Å². The second kappa shape index (κ2) is 7.58. The predicted molar refractivity (Wildman–Crippen MR) is 86.9 cm³/mol. The summed E-state index contributed by atoms with van der Waals surface area (Å²) in [7, 11) is 0. The van der Waals surface area contributed by atoms with E-state index in [-0.39, 0.29) is 12.3 Å². The van der Waals surface area contributed by atoms with Gasteiger partial charge in [-0.1, -0.05) is 18.2 Å². The van der Waals surface area contributed by atoms with Crippen LogP contribution >= 0.6 is 0 Å². The van der Waals surface area contributed by atoms with E-state index >= 15 is 0 Å². The van der Waals surface area contributed by atoms with Crippen molar-refractivity contribution in [1.82, 2.24) is 15.1 Å². The van der Waals surface area contributed by atoms with Crippen molar-refractivity contribution < 1.29 is 14.7 Å². The van der Waals surface area contributed by atoms with Crippen LogP contribution < -0.4 is 5.32 Å². The van der Waals surface area contributed by atoms with Crippen LogP contribution in [0.3, 0.4) is 0 Å². The number of carboxylic acids is 1. The molecule has 0 aliphatic heterocycles. The largest absolute Gasteiger partial charge is 0.481 e. The number of aliphatic carboxylic acids is 1. The van der Waals surface area contributed by atoms with Crippen LogP contribution in [0, 0.1) is 13.8 Å². The summed E-state index contributed by atoms with van der Waals surface area (Å²) >= 11 is 0. The summed E-state index contributed by atoms with van der Waals surface area (Å²) in [6.07, 6.45) is 1.32. The lowest BCUT2D eigenvalue weighted by Gasteiger charge is -2.06. The SMILES string of the molecule is Cc1nn(-c2ccccc2)c(C)c1C(=O)NCCCCC(=O)O. The molecule has 0 aliphatic carbocycles. The summed E-state index contributed by atoms with van der Waals surface area (Å²) in [5, 5.41) is 15.9. The Morgan fingerprint density at radius 3 is 2.52 bits per heavy atom. The van der Waals surface area contributed by atoms with Gasteiger partial charge >= 0.3 is 5.97 Å². The van der Waals surface area contributed by atoms with Gasteiger partial charge in [0.25, 0.3) is 5.91 Å². The first-order chi connectivity index (χ1) is 11.0. The number of aromatic nitrogens is 2. The minimum absolute atomic E-state index is 0.125. The highest BCUT2D eigenvalue weighted by molar-refractivity contribution is 5.96. The predicted octanol–water partition coefficient (Wildman–Crippen LogP) is 2.47. The fraction of sp³-hybridized carbons (Fsp3) is 0.353. The second-order valence-electron chi connectivity index (χ2n) is 5.40. The maximum absolute atomic E-state index is 12.3. The lowest BCUT2D eigenvalue weighted by atomic mass is 10.1. The van der Waals surface area contributed by atoms with E-state index in [1.165, 1.54) is 0 Å². The summed E-state index contributed by atoms with van der Waals surface area (Å²) in [5.74, 6) is -0.982. The van der Waals surface area contributed by atoms with Gasteiger partial charge in [0, 0.05) is 13.0 Å². The molecule has 0 atom stereocenters. The first kappa shape index (κ1) is 16.7. The van der Waals surface area contributed by atoms with Crippen molar-refractivity contribution in [2.24, 2.45) is 0 Å². The van der Waals surface area contributed by atoms with Crippen molar-refractivity contribution in [2.75, 3.05) is 6.54 Å². The van der Waals surface area contributed by atoms with Crippen molar-refractivity contribution in [2.45, 2.75) is 33.1 Å². The molecule has 0 saturated heterocycles. The molecule has 0 saturated carbocycles. The molecule has 0 fully saturated rings. The molecule has 6 nitrogen and oxygen atoms in total. The monoisotopic (exact) mass is 315 g/mol. The van der Waals surface area contributed by atoms with Crippen LogP contribution in [0.2, 0.25) is 0 Å². The number of rotatable bonds is 7. The van der Waals surface area contributed by atoms with E-state index < -0.39 is 5.97 Å². The smallest absolute Gasteiger partial charge is 0.303 e. The fourth-order valence-electron chi connectivity index (χ4n) is 2.48. The Kier molecular flexibility index (Phi) is 5.51. The van der Waals surface area contributed by atoms with Gasteiger partial charge in [-0.3, -0.25) is 9.59 Å². The van der Waals surface area contributed by atoms with E-state index in [0.29, 0.717) is 30.6 Å². The number of aryl methyl sites for hydroxylation is 1. The van der Waals surface area contributed by atoms with Gasteiger partial charge in [-0.15, -0.1) is 0 Å². The first-order valence-electron chi connectivity index (χ1n) is 7.62. The maximum Gasteiger partial charge on any atom is 0.303 e. The zero-order valence-electron chi connectivity index (χ0n) is 13.4. The van der Waals surface area contributed by atoms with Crippen LogP contribution in [0.4, 0.5) is 0 Å². The lowest BCUT2D eigenvalue weighted by Crippen LogP contribution is -2.25. The number of hydrogen-bond acceptors (Lipinski definition) is 3. The van der Waals surface area contributed by atoms with Gasteiger partial charge in [0.2, 0.25) is 0 Å². The molecular formula is C17H21N3O3. The molecule has 2 N–H and O–H groups in total. The van der Waals surface area contributed by atoms with E-state index in [1.807, 2.05) is 44.2 Å². The number of carbonyl (C=O) groups is 2. The van der Waals surface area contributed by atoms with Crippen molar-refractivity contribution >= 4 is 11.9 Å². The molecule has 2 aromatic rings. The Morgan fingerprint density at radius 2 is 1.87 bits per heavy atom. The number of amides is 1. The summed E-state index contributed by atoms with van der Waals surface area (Å²) in [4.78, 5) is 22.8. The minimum atomic E-state index is -0.813. The number of nitrogens with one attached hydrogen (secondary N) is 1. The average molecular weight is 315 g/mol. The molecule has 1 aromatic carbocycles. The first-order valence-corrected chi connectivity index (χ1v) is 7.62. The highest BCUT2D eigenvalue weighted by Gasteiger charge is 2.18. The van der Waals surface area contributed by atoms with Gasteiger partial charge in [-0.2, -0.15) is 5.10 Å². The molecule has 0 unspecified atom stereocenters. The van der Waals surface area contributed by atoms with Crippen LogP contribution in [-0.4, -0.2) is 33.3 Å². The molecular weight excluding hydrogens is 294 g/mol. The van der Waals surface area contributed by atoms with Gasteiger partial charge in [0.1, 0.15) is 0 Å². The zero-order valence-corrected chi connectivity index (χ0v) is 13.4. The Balaban J connectivity index is 2.04. The number of unbranched alkanes of at least 4 members (excludes halogenated alkanes) is 1. The fourth-order valence-corrected chi connectivity index (χ4v) is 2.48. The molecule has 0 spiro atoms. The number of para-hydroxylation sites is 1. The highest BCUT2D eigenvalue weighted by atomic mass is 16.4. The Labute approximate surface area is 135 Å². The van der Waals surface area contributed by atoms with Gasteiger partial charge in [0.15, 0.2) is 0 Å². The Hall–Kier alpha value is -2.63. The van der Waals surface area contributed by atoms with Crippen LogP contribution in [0.25, 0.3) is 5.69 Å². The molecule has 122 valence electrons. The molecule has 1 aromatic heterocycles. The van der Waals surface area contributed by atoms with Gasteiger partial charge < -0.3 is 10.4 Å². The normalized spacial score (nSPS) is 10.5. The summed E-state index contributed by atoms with van der Waals surface area (Å²) in [6.45, 7) is 4.14. The van der Waals surface area contributed by atoms with E-state index in [2.05, 4.69) is 10.4 Å². The van der Waals surface area contributed by atoms with Crippen LogP contribution in [0.15, 0.2) is 30.3 Å². The quantitative estimate of drug-likeness (QED) is 0.769. The number of nitrogens with zero attached hydrogens (tertiary/aromatic N) is 2. The third kappa shape index (κ3) is 4.18. The Bertz CT molecular complexity index is 693. The third-order valence-corrected chi connectivity index (χ3v) is 3.62. The van der Waals surface area contributed by atoms with Crippen molar-refractivity contribution in [1.29, 1.82) is 0 Å². The number of hydrogen-bond donors (Lipinski definition) is 2. The molecule has 23 heavy (non-hydrogen) atoms. The Morgan fingerprint density at radius 1 is 1.17 bits per heavy atom. The van der Waals surface area contributed by atoms with Crippen molar-refractivity contribution in [3.8, 4) is 5.69 Å². The van der Waals surface area contributed by atoms with Crippen LogP contribution in [0.1, 0.15) is 41.0 Å². The number of benzene rings is 1. The maximum atomic E-state index is 12.3. The average Bonchev–Trinajstić information content (AvgIpc) is 2.82. The van der Waals surface area contributed by atoms with E-state index in [0.717, 1.165) is 11.4 Å². The lowest BCUT2D eigenvalue weighted by molar-refractivity contribution is -0.137. The highest BCUT2D eigenvalue weighted by Crippen LogP contribution is 2.17. The molecule has 2 rings (SSSR count). The molecule has 1 amide bonds. The molecule has 6 heteroatoms. The van der Waals surface area contributed by atoms with Crippen molar-refractivity contribution in [3.05, 3.63) is 47.3 Å². The van der Waals surface area contributed by atoms with Crippen LogP contribution in [0.5, 0.6) is 0 Å². The molecule has 0 radical (unpaired) electrons. The van der Waals surface area contributed by atoms with E-state index in [4.69, 9.17) is 5.11 Å². The summed E-state index contributed by atoms with van der Waals surface area (Å²) in [6, 6.07) is 9.65. The van der Waals surface area contributed by atoms with Gasteiger partial charge in [-0.05, 0) is 38.8 Å². The van der Waals surface area contributed by atoms with Gasteiger partial charge in [-0.25, -0.2) is 4.68 Å². The summed E-state index contributed by atoms with van der Waals surface area (Å²) in [5.41, 5.74) is 2.95. The van der Waals surface area contributed by atoms with Crippen LogP contribution in [-0.2, 0) is 4.79 Å². The molecule has 0 aliphatic rings. The zero-order chi connectivity index (χ0) is 16.8. The van der Waals surface area contributed by atoms with Gasteiger partial charge in [0.05, 0.1) is 22.6 Å². The third-order valence-electron chi connectivity index (χ3n) is 3.62. The number of carboxylic acid groups (broad SMARTS) is 1. The summed E-state index contributed by atoms with van der Waals surface area (Å²) < 4.78 is 1.76.